The summed E-state index contributed by atoms with van der Waals surface area (Å²) < 4.78 is 0. The molecule has 6 heteroatoms. The highest BCUT2D eigenvalue weighted by Crippen LogP contribution is 2.51. The Kier molecular flexibility index (Phi) is 6.00. The number of nitrogens with two attached hydrogens (primary N) is 1. The van der Waals surface area contributed by atoms with Crippen molar-refractivity contribution in [2.24, 2.45) is 11.7 Å². The normalized spacial score (nSPS) is 27.2. The predicted molar refractivity (Wildman–Crippen MR) is 93.0 cm³/mol. The molecular formula is C16H21Cl3N2O. The number of carbonyl (C=O) groups excluding carboxylic acids is 1. The van der Waals surface area contributed by atoms with Crippen LogP contribution in [-0.4, -0.2) is 29.9 Å². The zero-order valence-electron chi connectivity index (χ0n) is 12.3. The highest BCUT2D eigenvalue weighted by molar-refractivity contribution is 6.35. The Morgan fingerprint density at radius 3 is 2.77 bits per heavy atom. The van der Waals surface area contributed by atoms with Crippen LogP contribution < -0.4 is 5.73 Å². The lowest BCUT2D eigenvalue weighted by atomic mass is 10.0. The van der Waals surface area contributed by atoms with Crippen LogP contribution >= 0.6 is 35.6 Å². The maximum Gasteiger partial charge on any atom is 0.226 e. The first-order valence-electron chi connectivity index (χ1n) is 7.57. The fourth-order valence-electron chi connectivity index (χ4n) is 3.36. The summed E-state index contributed by atoms with van der Waals surface area (Å²) in [5, 5.41) is 1.29. The Bertz CT molecular complexity index is 552. The summed E-state index contributed by atoms with van der Waals surface area (Å²) in [6, 6.07) is 5.75. The number of likely N-dealkylation sites (tertiary alicyclic amines) is 1. The largest absolute Gasteiger partial charge is 0.338 e. The zero-order valence-corrected chi connectivity index (χ0v) is 14.6. The van der Waals surface area contributed by atoms with Crippen LogP contribution in [0.1, 0.15) is 37.2 Å². The molecule has 1 aromatic carbocycles. The van der Waals surface area contributed by atoms with Crippen LogP contribution in [0.15, 0.2) is 18.2 Å². The molecule has 3 unspecified atom stereocenters. The SMILES string of the molecule is Cl.NCC1CCCCN1C(=O)C1CC1c1ccc(Cl)cc1Cl. The second-order valence-corrected chi connectivity index (χ2v) is 6.88. The third-order valence-electron chi connectivity index (χ3n) is 4.65. The third-order valence-corrected chi connectivity index (χ3v) is 5.21. The van der Waals surface area contributed by atoms with Gasteiger partial charge in [-0.15, -0.1) is 12.4 Å². The first-order chi connectivity index (χ1) is 10.1. The monoisotopic (exact) mass is 362 g/mol. The molecule has 2 fully saturated rings. The Labute approximate surface area is 147 Å². The molecule has 3 atom stereocenters. The van der Waals surface area contributed by atoms with Gasteiger partial charge in [0.15, 0.2) is 0 Å². The van der Waals surface area contributed by atoms with Crippen LogP contribution in [0.4, 0.5) is 0 Å². The highest BCUT2D eigenvalue weighted by Gasteiger charge is 2.47. The minimum atomic E-state index is 0. The molecule has 1 amide bonds. The second kappa shape index (κ2) is 7.39. The summed E-state index contributed by atoms with van der Waals surface area (Å²) in [5.74, 6) is 0.555. The molecule has 1 aliphatic heterocycles. The zero-order chi connectivity index (χ0) is 15.0. The summed E-state index contributed by atoms with van der Waals surface area (Å²) >= 11 is 12.2. The van der Waals surface area contributed by atoms with Gasteiger partial charge < -0.3 is 10.6 Å². The van der Waals surface area contributed by atoms with E-state index in [0.29, 0.717) is 16.6 Å². The summed E-state index contributed by atoms with van der Waals surface area (Å²) in [4.78, 5) is 14.7. The van der Waals surface area contributed by atoms with Crippen LogP contribution in [0.5, 0.6) is 0 Å². The van der Waals surface area contributed by atoms with E-state index in [9.17, 15) is 4.79 Å². The Hall–Kier alpha value is -0.480. The molecule has 22 heavy (non-hydrogen) atoms. The number of rotatable bonds is 3. The van der Waals surface area contributed by atoms with Gasteiger partial charge in [0.25, 0.3) is 0 Å². The molecule has 1 aliphatic carbocycles. The molecule has 0 aromatic heterocycles. The number of hydrogen-bond donors (Lipinski definition) is 1. The van der Waals surface area contributed by atoms with Gasteiger partial charge in [-0.2, -0.15) is 0 Å². The van der Waals surface area contributed by atoms with E-state index in [2.05, 4.69) is 0 Å². The number of benzene rings is 1. The van der Waals surface area contributed by atoms with Gasteiger partial charge in [0.2, 0.25) is 5.91 Å². The summed E-state index contributed by atoms with van der Waals surface area (Å²) in [6.45, 7) is 1.41. The van der Waals surface area contributed by atoms with Gasteiger partial charge in [-0.3, -0.25) is 4.79 Å². The molecule has 3 rings (SSSR count). The molecule has 0 bridgehead atoms. The fraction of sp³-hybridized carbons (Fsp3) is 0.562. The van der Waals surface area contributed by atoms with Crippen LogP contribution in [0.25, 0.3) is 0 Å². The van der Waals surface area contributed by atoms with Gasteiger partial charge in [0, 0.05) is 35.1 Å². The van der Waals surface area contributed by atoms with Crippen LogP contribution in [0, 0.1) is 5.92 Å². The van der Waals surface area contributed by atoms with Crippen LogP contribution in [-0.2, 0) is 4.79 Å². The number of amides is 1. The summed E-state index contributed by atoms with van der Waals surface area (Å²) in [6.07, 6.45) is 4.17. The Balaban J connectivity index is 0.00000176. The molecule has 2 N–H and O–H groups in total. The topological polar surface area (TPSA) is 46.3 Å². The highest BCUT2D eigenvalue weighted by atomic mass is 35.5. The smallest absolute Gasteiger partial charge is 0.226 e. The van der Waals surface area contributed by atoms with Crippen molar-refractivity contribution in [2.45, 2.75) is 37.6 Å². The van der Waals surface area contributed by atoms with E-state index < -0.39 is 0 Å². The maximum atomic E-state index is 12.7. The lowest BCUT2D eigenvalue weighted by Gasteiger charge is -2.35. The van der Waals surface area contributed by atoms with Crippen molar-refractivity contribution in [3.8, 4) is 0 Å². The Morgan fingerprint density at radius 1 is 1.32 bits per heavy atom. The first kappa shape index (κ1) is 17.9. The van der Waals surface area contributed by atoms with Gasteiger partial charge in [-0.25, -0.2) is 0 Å². The van der Waals surface area contributed by atoms with E-state index in [0.717, 1.165) is 31.4 Å². The molecule has 122 valence electrons. The molecule has 1 heterocycles. The van der Waals surface area contributed by atoms with Crippen molar-refractivity contribution in [3.63, 3.8) is 0 Å². The van der Waals surface area contributed by atoms with Crippen molar-refractivity contribution in [3.05, 3.63) is 33.8 Å². The number of carbonyl (C=O) groups is 1. The first-order valence-corrected chi connectivity index (χ1v) is 8.33. The molecule has 0 radical (unpaired) electrons. The van der Waals surface area contributed by atoms with Crippen molar-refractivity contribution in [2.75, 3.05) is 13.1 Å². The van der Waals surface area contributed by atoms with Gasteiger partial charge in [-0.1, -0.05) is 29.3 Å². The molecule has 0 spiro atoms. The number of nitrogens with zero attached hydrogens (tertiary/aromatic N) is 1. The fourth-order valence-corrected chi connectivity index (χ4v) is 3.91. The van der Waals surface area contributed by atoms with Gasteiger partial charge in [-0.05, 0) is 49.3 Å². The predicted octanol–water partition coefficient (Wildman–Crippen LogP) is 3.86. The number of halogens is 3. The van der Waals surface area contributed by atoms with E-state index >= 15 is 0 Å². The van der Waals surface area contributed by atoms with Crippen molar-refractivity contribution >= 4 is 41.5 Å². The van der Waals surface area contributed by atoms with Crippen LogP contribution in [0.3, 0.4) is 0 Å². The number of hydrogen-bond acceptors (Lipinski definition) is 2. The van der Waals surface area contributed by atoms with E-state index in [1.807, 2.05) is 17.0 Å². The second-order valence-electron chi connectivity index (χ2n) is 6.03. The molecule has 1 saturated heterocycles. The summed E-state index contributed by atoms with van der Waals surface area (Å²) in [5.41, 5.74) is 6.85. The average Bonchev–Trinajstić information content (AvgIpc) is 3.26. The molecule has 2 aliphatic rings. The lowest BCUT2D eigenvalue weighted by molar-refractivity contribution is -0.136. The lowest BCUT2D eigenvalue weighted by Crippen LogP contribution is -2.48. The third kappa shape index (κ3) is 3.53. The maximum absolute atomic E-state index is 12.7. The average molecular weight is 364 g/mol. The van der Waals surface area contributed by atoms with Gasteiger partial charge in [0.05, 0.1) is 0 Å². The standard InChI is InChI=1S/C16H20Cl2N2O.ClH/c17-10-4-5-12(15(18)7-10)13-8-14(13)16(21)20-6-2-1-3-11(20)9-19;/h4-5,7,11,13-14H,1-3,6,8-9,19H2;1H. The van der Waals surface area contributed by atoms with Gasteiger partial charge >= 0.3 is 0 Å². The van der Waals surface area contributed by atoms with Crippen molar-refractivity contribution in [1.82, 2.24) is 4.90 Å². The van der Waals surface area contributed by atoms with Crippen molar-refractivity contribution < 1.29 is 4.79 Å². The van der Waals surface area contributed by atoms with Gasteiger partial charge in [0.1, 0.15) is 0 Å². The van der Waals surface area contributed by atoms with E-state index in [1.54, 1.807) is 6.07 Å². The minimum Gasteiger partial charge on any atom is -0.338 e. The Morgan fingerprint density at radius 2 is 2.09 bits per heavy atom. The number of piperidine rings is 1. The van der Waals surface area contributed by atoms with E-state index in [4.69, 9.17) is 28.9 Å². The summed E-state index contributed by atoms with van der Waals surface area (Å²) in [7, 11) is 0. The van der Waals surface area contributed by atoms with Crippen LogP contribution in [0.2, 0.25) is 10.0 Å². The van der Waals surface area contributed by atoms with E-state index in [-0.39, 0.29) is 36.2 Å². The molecular weight excluding hydrogens is 343 g/mol. The molecule has 1 aromatic rings. The quantitative estimate of drug-likeness (QED) is 0.886. The minimum absolute atomic E-state index is 0. The molecule has 3 nitrogen and oxygen atoms in total. The van der Waals surface area contributed by atoms with E-state index in [1.165, 1.54) is 6.42 Å². The molecule has 1 saturated carbocycles. The van der Waals surface area contributed by atoms with Crippen molar-refractivity contribution in [1.29, 1.82) is 0 Å².